The van der Waals surface area contributed by atoms with Crippen LogP contribution < -0.4 is 10.2 Å². The summed E-state index contributed by atoms with van der Waals surface area (Å²) in [5, 5.41) is 29.6. The number of alkyl halides is 3. The summed E-state index contributed by atoms with van der Waals surface area (Å²) in [6.45, 7) is 2.56. The number of nitrogens with zero attached hydrogens (tertiary/aromatic N) is 6. The van der Waals surface area contributed by atoms with Gasteiger partial charge in [-0.1, -0.05) is 13.3 Å². The molecule has 0 spiro atoms. The lowest BCUT2D eigenvalue weighted by Crippen LogP contribution is -2.36. The van der Waals surface area contributed by atoms with Gasteiger partial charge in [0.25, 0.3) is 0 Å². The van der Waals surface area contributed by atoms with Crippen molar-refractivity contribution < 1.29 is 23.4 Å². The molecule has 32 heavy (non-hydrogen) atoms. The van der Waals surface area contributed by atoms with Gasteiger partial charge in [-0.2, -0.15) is 18.2 Å². The minimum Gasteiger partial charge on any atom is -0.396 e. The van der Waals surface area contributed by atoms with Gasteiger partial charge in [-0.05, 0) is 12.5 Å². The summed E-state index contributed by atoms with van der Waals surface area (Å²) < 4.78 is 40.6. The largest absolute Gasteiger partial charge is 0.451 e. The molecule has 1 aliphatic rings. The summed E-state index contributed by atoms with van der Waals surface area (Å²) in [4.78, 5) is 13.0. The minimum absolute atomic E-state index is 0.0918. The Morgan fingerprint density at radius 1 is 1.19 bits per heavy atom. The summed E-state index contributed by atoms with van der Waals surface area (Å²) in [5.41, 5.74) is 0. The highest BCUT2D eigenvalue weighted by molar-refractivity contribution is 7.18. The Labute approximate surface area is 185 Å². The molecular weight excluding hydrogens is 447 g/mol. The van der Waals surface area contributed by atoms with E-state index in [1.54, 1.807) is 11.3 Å². The normalized spacial score (nSPS) is 14.4. The summed E-state index contributed by atoms with van der Waals surface area (Å²) in [6, 6.07) is 2.04. The molecule has 13 heteroatoms. The third-order valence-electron chi connectivity index (χ3n) is 5.29. The molecule has 0 amide bonds. The zero-order valence-corrected chi connectivity index (χ0v) is 18.2. The van der Waals surface area contributed by atoms with E-state index in [-0.39, 0.29) is 44.6 Å². The van der Waals surface area contributed by atoms with Gasteiger partial charge in [-0.3, -0.25) is 0 Å². The van der Waals surface area contributed by atoms with Crippen LogP contribution in [0.1, 0.15) is 29.9 Å². The van der Waals surface area contributed by atoms with Crippen molar-refractivity contribution in [2.75, 3.05) is 36.5 Å². The summed E-state index contributed by atoms with van der Waals surface area (Å²) in [6.07, 6.45) is -2.68. The number of rotatable bonds is 8. The quantitative estimate of drug-likeness (QED) is 0.459. The Morgan fingerprint density at radius 2 is 1.97 bits per heavy atom. The van der Waals surface area contributed by atoms with Crippen LogP contribution in [-0.4, -0.2) is 61.2 Å². The molecule has 0 aromatic carbocycles. The average molecular weight is 472 g/mol. The molecule has 174 valence electrons. The molecule has 0 saturated carbocycles. The molecular formula is C19H24F3N7O2S. The smallest absolute Gasteiger partial charge is 0.396 e. The summed E-state index contributed by atoms with van der Waals surface area (Å²) in [7, 11) is 0. The van der Waals surface area contributed by atoms with E-state index in [0.717, 1.165) is 32.5 Å². The van der Waals surface area contributed by atoms with Gasteiger partial charge >= 0.3 is 6.18 Å². The first-order valence-corrected chi connectivity index (χ1v) is 11.2. The number of nitrogens with one attached hydrogen (secondary N) is 1. The lowest BCUT2D eigenvalue weighted by molar-refractivity contribution is -0.147. The first kappa shape index (κ1) is 22.7. The van der Waals surface area contributed by atoms with Gasteiger partial charge in [0.2, 0.25) is 11.8 Å². The van der Waals surface area contributed by atoms with Crippen molar-refractivity contribution in [1.82, 2.24) is 24.7 Å². The van der Waals surface area contributed by atoms with Gasteiger partial charge < -0.3 is 25.0 Å². The van der Waals surface area contributed by atoms with Crippen LogP contribution in [-0.2, 0) is 25.7 Å². The first-order valence-electron chi connectivity index (χ1n) is 10.3. The summed E-state index contributed by atoms with van der Waals surface area (Å²) >= 11 is 1.55. The number of halogens is 3. The van der Waals surface area contributed by atoms with Crippen molar-refractivity contribution in [3.05, 3.63) is 22.6 Å². The lowest BCUT2D eigenvalue weighted by Gasteiger charge is -2.29. The molecule has 0 radical (unpaired) electrons. The number of aliphatic hydroxyl groups excluding tert-OH is 2. The van der Waals surface area contributed by atoms with E-state index in [0.29, 0.717) is 18.3 Å². The van der Waals surface area contributed by atoms with Crippen molar-refractivity contribution in [1.29, 1.82) is 0 Å². The van der Waals surface area contributed by atoms with Crippen molar-refractivity contribution in [3.63, 3.8) is 0 Å². The molecule has 4 rings (SSSR count). The highest BCUT2D eigenvalue weighted by atomic mass is 32.1. The van der Waals surface area contributed by atoms with E-state index < -0.39 is 12.0 Å². The predicted octanol–water partition coefficient (Wildman–Crippen LogP) is 2.29. The van der Waals surface area contributed by atoms with Crippen molar-refractivity contribution in [2.24, 2.45) is 5.92 Å². The highest BCUT2D eigenvalue weighted by Crippen LogP contribution is 2.35. The van der Waals surface area contributed by atoms with E-state index in [9.17, 15) is 23.4 Å². The third kappa shape index (κ3) is 4.50. The fourth-order valence-corrected chi connectivity index (χ4v) is 4.74. The summed E-state index contributed by atoms with van der Waals surface area (Å²) in [5.74, 6) is -0.154. The van der Waals surface area contributed by atoms with Gasteiger partial charge in [-0.15, -0.1) is 21.5 Å². The Hall–Kier alpha value is -2.51. The molecule has 3 N–H and O–H groups in total. The molecule has 0 unspecified atom stereocenters. The third-order valence-corrected chi connectivity index (χ3v) is 6.38. The van der Waals surface area contributed by atoms with Gasteiger partial charge in [0.15, 0.2) is 5.82 Å². The maximum Gasteiger partial charge on any atom is 0.451 e. The van der Waals surface area contributed by atoms with Crippen LogP contribution in [0.5, 0.6) is 0 Å². The number of anilines is 2. The maximum atomic E-state index is 13.2. The molecule has 0 atom stereocenters. The Bertz CT molecular complexity index is 1080. The van der Waals surface area contributed by atoms with E-state index in [4.69, 9.17) is 0 Å². The van der Waals surface area contributed by atoms with Crippen LogP contribution >= 0.6 is 11.3 Å². The molecule has 0 aliphatic carbocycles. The number of aromatic nitrogens is 5. The van der Waals surface area contributed by atoms with Crippen LogP contribution in [0, 0.1) is 5.92 Å². The molecule has 4 heterocycles. The Balaban J connectivity index is 1.68. The second kappa shape index (κ2) is 9.16. The predicted molar refractivity (Wildman–Crippen MR) is 114 cm³/mol. The molecule has 3 aromatic rings. The maximum absolute atomic E-state index is 13.2. The zero-order chi connectivity index (χ0) is 22.9. The second-order valence-corrected chi connectivity index (χ2v) is 8.79. The van der Waals surface area contributed by atoms with Gasteiger partial charge in [0.05, 0.1) is 11.9 Å². The molecule has 0 bridgehead atoms. The first-order chi connectivity index (χ1) is 15.3. The van der Waals surface area contributed by atoms with E-state index >= 15 is 0 Å². The average Bonchev–Trinajstić information content (AvgIpc) is 3.37. The van der Waals surface area contributed by atoms with E-state index in [1.165, 1.54) is 0 Å². The van der Waals surface area contributed by atoms with Crippen LogP contribution in [0.2, 0.25) is 0 Å². The van der Waals surface area contributed by atoms with Gasteiger partial charge in [-0.25, -0.2) is 4.98 Å². The van der Waals surface area contributed by atoms with Gasteiger partial charge in [0.1, 0.15) is 10.6 Å². The van der Waals surface area contributed by atoms with Crippen LogP contribution in [0.4, 0.5) is 24.9 Å². The number of aryl methyl sites for hydroxylation is 1. The molecule has 1 aliphatic heterocycles. The Morgan fingerprint density at radius 3 is 2.66 bits per heavy atom. The second-order valence-electron chi connectivity index (χ2n) is 7.68. The van der Waals surface area contributed by atoms with Crippen molar-refractivity contribution in [2.45, 2.75) is 39.0 Å². The van der Waals surface area contributed by atoms with Crippen LogP contribution in [0.3, 0.4) is 0 Å². The fourth-order valence-electron chi connectivity index (χ4n) is 3.62. The number of hydrogen-bond acceptors (Lipinski definition) is 9. The highest BCUT2D eigenvalue weighted by Gasteiger charge is 2.39. The number of fused-ring (bicyclic) bond motifs is 2. The fraction of sp³-hybridized carbons (Fsp3) is 0.579. The molecule has 3 aromatic heterocycles. The zero-order valence-electron chi connectivity index (χ0n) is 17.4. The van der Waals surface area contributed by atoms with Crippen LogP contribution in [0.25, 0.3) is 10.2 Å². The monoisotopic (exact) mass is 471 g/mol. The van der Waals surface area contributed by atoms with Crippen molar-refractivity contribution >= 4 is 33.3 Å². The van der Waals surface area contributed by atoms with Gasteiger partial charge in [0, 0.05) is 43.6 Å². The number of aliphatic hydroxyl groups is 2. The molecule has 9 nitrogen and oxygen atoms in total. The van der Waals surface area contributed by atoms with Crippen molar-refractivity contribution in [3.8, 4) is 0 Å². The number of hydrogen-bond donors (Lipinski definition) is 3. The Kier molecular flexibility index (Phi) is 6.49. The van der Waals surface area contributed by atoms with E-state index in [2.05, 4.69) is 32.4 Å². The van der Waals surface area contributed by atoms with Crippen LogP contribution in [0.15, 0.2) is 6.07 Å². The lowest BCUT2D eigenvalue weighted by atomic mass is 10.2. The minimum atomic E-state index is -4.55. The topological polar surface area (TPSA) is 112 Å². The molecule has 0 saturated heterocycles. The SMILES string of the molecule is CCCc1cc2c(N3CCn4c(nnc4C(F)(F)F)C3)nc(NCC(CO)CO)nc2s1. The van der Waals surface area contributed by atoms with E-state index in [1.807, 2.05) is 11.0 Å². The molecule has 0 fully saturated rings. The standard InChI is InChI=1S/C19H24F3N7O2S/c1-2-3-12-6-13-15(24-18(25-16(13)32-12)23-7-11(9-30)10-31)28-4-5-29-14(8-28)26-27-17(29)19(20,21)22/h6,11,30-31H,2-5,7-10H2,1H3,(H,23,24,25). The number of thiophene rings is 1.